The van der Waals surface area contributed by atoms with E-state index >= 15 is 0 Å². The zero-order valence-electron chi connectivity index (χ0n) is 28.7. The maximum absolute atomic E-state index is 2.40. The van der Waals surface area contributed by atoms with Crippen LogP contribution in [0.3, 0.4) is 0 Å². The van der Waals surface area contributed by atoms with Crippen LogP contribution in [0.4, 0.5) is 17.1 Å². The molecule has 0 aromatic heterocycles. The molecule has 244 valence electrons. The Kier molecular flexibility index (Phi) is 7.11. The van der Waals surface area contributed by atoms with Gasteiger partial charge in [-0.1, -0.05) is 182 Å². The van der Waals surface area contributed by atoms with E-state index in [2.05, 4.69) is 217 Å². The summed E-state index contributed by atoms with van der Waals surface area (Å²) in [4.78, 5) is 2.40. The first kappa shape index (κ1) is 30.2. The average molecular weight is 662 g/mol. The van der Waals surface area contributed by atoms with E-state index in [1.54, 1.807) is 0 Å². The Morgan fingerprint density at radius 3 is 1.58 bits per heavy atom. The van der Waals surface area contributed by atoms with Gasteiger partial charge >= 0.3 is 0 Å². The Balaban J connectivity index is 1.17. The van der Waals surface area contributed by atoms with E-state index in [4.69, 9.17) is 0 Å². The highest BCUT2D eigenvalue weighted by molar-refractivity contribution is 6.14. The van der Waals surface area contributed by atoms with E-state index in [1.165, 1.54) is 71.7 Å². The largest absolute Gasteiger partial charge is 0.310 e. The fourth-order valence-electron chi connectivity index (χ4n) is 8.75. The van der Waals surface area contributed by atoms with Gasteiger partial charge in [-0.05, 0) is 91.0 Å². The minimum absolute atomic E-state index is 0.425. The molecule has 1 nitrogen and oxygen atoms in total. The smallest absolute Gasteiger partial charge is 0.0713 e. The molecule has 0 unspecified atom stereocenters. The van der Waals surface area contributed by atoms with Gasteiger partial charge in [-0.2, -0.15) is 0 Å². The van der Waals surface area contributed by atoms with Gasteiger partial charge in [-0.25, -0.2) is 0 Å². The summed E-state index contributed by atoms with van der Waals surface area (Å²) >= 11 is 0. The van der Waals surface area contributed by atoms with Crippen molar-refractivity contribution in [1.29, 1.82) is 0 Å². The molecule has 0 N–H and O–H groups in total. The number of para-hydroxylation sites is 1. The quantitative estimate of drug-likeness (QED) is 0.160. The Bertz CT molecular complexity index is 2670. The molecule has 1 heteroatoms. The van der Waals surface area contributed by atoms with Crippen LogP contribution in [-0.4, -0.2) is 0 Å². The Hall–Kier alpha value is -6.70. The monoisotopic (exact) mass is 661 g/mol. The van der Waals surface area contributed by atoms with Crippen molar-refractivity contribution in [2.75, 3.05) is 4.90 Å². The lowest BCUT2D eigenvalue weighted by Crippen LogP contribution is -2.28. The van der Waals surface area contributed by atoms with Gasteiger partial charge in [-0.3, -0.25) is 0 Å². The molecule has 0 amide bonds. The highest BCUT2D eigenvalue weighted by Crippen LogP contribution is 2.58. The summed E-state index contributed by atoms with van der Waals surface area (Å²) in [5.41, 5.74) is 13.2. The van der Waals surface area contributed by atoms with Gasteiger partial charge in [-0.15, -0.1) is 0 Å². The molecule has 0 bridgehead atoms. The van der Waals surface area contributed by atoms with E-state index in [9.17, 15) is 0 Å². The van der Waals surface area contributed by atoms with Crippen LogP contribution >= 0.6 is 0 Å². The van der Waals surface area contributed by atoms with E-state index in [0.29, 0.717) is 0 Å². The van der Waals surface area contributed by atoms with Crippen molar-refractivity contribution in [1.82, 2.24) is 0 Å². The summed E-state index contributed by atoms with van der Waals surface area (Å²) in [6.45, 7) is 0. The maximum Gasteiger partial charge on any atom is 0.0713 e. The first-order valence-corrected chi connectivity index (χ1v) is 18.0. The van der Waals surface area contributed by atoms with E-state index in [1.807, 2.05) is 0 Å². The molecule has 1 aliphatic carbocycles. The molecular formula is C51H35N. The second-order valence-electron chi connectivity index (χ2n) is 13.6. The third-order valence-corrected chi connectivity index (χ3v) is 10.9. The number of hydrogen-bond donors (Lipinski definition) is 0. The first-order chi connectivity index (χ1) is 25.8. The summed E-state index contributed by atoms with van der Waals surface area (Å²) in [5, 5.41) is 4.98. The van der Waals surface area contributed by atoms with Gasteiger partial charge in [0.05, 0.1) is 11.1 Å². The molecule has 0 radical (unpaired) electrons. The molecule has 0 saturated carbocycles. The maximum atomic E-state index is 2.40. The van der Waals surface area contributed by atoms with Crippen LogP contribution in [0.1, 0.15) is 22.3 Å². The molecule has 10 rings (SSSR count). The average Bonchev–Trinajstić information content (AvgIpc) is 3.54. The SMILES string of the molecule is c1ccc(N(c2ccc(-c3cccc4c3-c3ccccc3C4(c3ccccc3)c3ccccc3)cc2)c2cc3ccccc3c3ccccc23)cc1. The summed E-state index contributed by atoms with van der Waals surface area (Å²) in [6.07, 6.45) is 0. The molecule has 1 aliphatic rings. The minimum Gasteiger partial charge on any atom is -0.310 e. The number of fused-ring (bicyclic) bond motifs is 6. The normalized spacial score (nSPS) is 12.8. The second kappa shape index (κ2) is 12.3. The van der Waals surface area contributed by atoms with Crippen LogP contribution in [0.2, 0.25) is 0 Å². The van der Waals surface area contributed by atoms with Gasteiger partial charge < -0.3 is 4.90 Å². The standard InChI is InChI=1S/C51H35N/c1-4-18-38(19-5-1)51(39-20-6-2-7-21-39)47-29-15-14-27-46(47)50-43(28-16-30-48(50)51)36-31-33-41(34-32-36)52(40-22-8-3-9-23-40)49-35-37-17-10-11-24-42(37)44-25-12-13-26-45(44)49/h1-35H. The number of benzene rings is 9. The topological polar surface area (TPSA) is 3.24 Å². The molecule has 52 heavy (non-hydrogen) atoms. The van der Waals surface area contributed by atoms with Crippen LogP contribution in [0.5, 0.6) is 0 Å². The van der Waals surface area contributed by atoms with Crippen molar-refractivity contribution < 1.29 is 0 Å². The molecule has 0 aliphatic heterocycles. The minimum atomic E-state index is -0.425. The molecule has 0 saturated heterocycles. The van der Waals surface area contributed by atoms with Crippen LogP contribution in [0.25, 0.3) is 43.8 Å². The number of nitrogens with zero attached hydrogens (tertiary/aromatic N) is 1. The zero-order valence-corrected chi connectivity index (χ0v) is 28.7. The summed E-state index contributed by atoms with van der Waals surface area (Å²) < 4.78 is 0. The molecule has 9 aromatic rings. The predicted octanol–water partition coefficient (Wildman–Crippen LogP) is 13.5. The Morgan fingerprint density at radius 2 is 0.865 bits per heavy atom. The Labute approximate surface area is 304 Å². The van der Waals surface area contributed by atoms with E-state index in [-0.39, 0.29) is 0 Å². The van der Waals surface area contributed by atoms with Gasteiger partial charge in [0.2, 0.25) is 0 Å². The summed E-state index contributed by atoms with van der Waals surface area (Å²) in [6, 6.07) is 77.6. The van der Waals surface area contributed by atoms with E-state index in [0.717, 1.165) is 11.4 Å². The predicted molar refractivity (Wildman–Crippen MR) is 219 cm³/mol. The second-order valence-corrected chi connectivity index (χ2v) is 13.6. The van der Waals surface area contributed by atoms with Gasteiger partial charge in [0.1, 0.15) is 0 Å². The molecule has 0 fully saturated rings. The number of hydrogen-bond acceptors (Lipinski definition) is 1. The van der Waals surface area contributed by atoms with Crippen LogP contribution in [0.15, 0.2) is 212 Å². The molecule has 0 atom stereocenters. The molecule has 0 heterocycles. The Morgan fingerprint density at radius 1 is 0.346 bits per heavy atom. The van der Waals surface area contributed by atoms with E-state index < -0.39 is 5.41 Å². The van der Waals surface area contributed by atoms with Crippen molar-refractivity contribution in [3.63, 3.8) is 0 Å². The lowest BCUT2D eigenvalue weighted by Gasteiger charge is -2.34. The number of rotatable bonds is 6. The van der Waals surface area contributed by atoms with Crippen LogP contribution in [0, 0.1) is 0 Å². The van der Waals surface area contributed by atoms with Gasteiger partial charge in [0.15, 0.2) is 0 Å². The van der Waals surface area contributed by atoms with Crippen LogP contribution in [-0.2, 0) is 5.41 Å². The zero-order chi connectivity index (χ0) is 34.5. The lowest BCUT2D eigenvalue weighted by molar-refractivity contribution is 0.768. The van der Waals surface area contributed by atoms with Crippen molar-refractivity contribution in [2.24, 2.45) is 0 Å². The molecule has 0 spiro atoms. The highest BCUT2D eigenvalue weighted by Gasteiger charge is 2.46. The third-order valence-electron chi connectivity index (χ3n) is 10.9. The third kappa shape index (κ3) is 4.56. The number of anilines is 3. The van der Waals surface area contributed by atoms with Crippen molar-refractivity contribution in [3.05, 3.63) is 235 Å². The highest BCUT2D eigenvalue weighted by atomic mass is 15.1. The molecular weight excluding hydrogens is 627 g/mol. The van der Waals surface area contributed by atoms with Crippen LogP contribution < -0.4 is 4.90 Å². The van der Waals surface area contributed by atoms with Gasteiger partial charge in [0, 0.05) is 16.8 Å². The van der Waals surface area contributed by atoms with Gasteiger partial charge in [0.25, 0.3) is 0 Å². The lowest BCUT2D eigenvalue weighted by atomic mass is 9.67. The fourth-order valence-corrected chi connectivity index (χ4v) is 8.75. The van der Waals surface area contributed by atoms with Crippen molar-refractivity contribution in [3.8, 4) is 22.3 Å². The molecule has 9 aromatic carbocycles. The van der Waals surface area contributed by atoms with Crippen molar-refractivity contribution in [2.45, 2.75) is 5.41 Å². The fraction of sp³-hybridized carbons (Fsp3) is 0.0196. The van der Waals surface area contributed by atoms with Crippen molar-refractivity contribution >= 4 is 38.6 Å². The summed E-state index contributed by atoms with van der Waals surface area (Å²) in [7, 11) is 0. The summed E-state index contributed by atoms with van der Waals surface area (Å²) in [5.74, 6) is 0. The first-order valence-electron chi connectivity index (χ1n) is 18.0.